The van der Waals surface area contributed by atoms with E-state index in [1.54, 1.807) is 14.2 Å². The summed E-state index contributed by atoms with van der Waals surface area (Å²) in [4.78, 5) is 14.0. The highest BCUT2D eigenvalue weighted by atomic mass is 35.5. The zero-order valence-electron chi connectivity index (χ0n) is 12.6. The number of carbonyl (C=O) groups is 1. The largest absolute Gasteiger partial charge is 0.496 e. The van der Waals surface area contributed by atoms with Gasteiger partial charge in [-0.05, 0) is 31.2 Å². The van der Waals surface area contributed by atoms with Crippen LogP contribution in [-0.4, -0.2) is 25.0 Å². The minimum absolute atomic E-state index is 0.00588. The Bertz CT molecular complexity index is 690. The van der Waals surface area contributed by atoms with Crippen molar-refractivity contribution in [1.82, 2.24) is 4.90 Å². The average Bonchev–Trinajstić information content (AvgIpc) is 2.52. The van der Waals surface area contributed by atoms with Crippen molar-refractivity contribution in [2.24, 2.45) is 0 Å². The second kappa shape index (κ2) is 6.79. The normalized spacial score (nSPS) is 11.9. The van der Waals surface area contributed by atoms with Crippen molar-refractivity contribution in [3.05, 3.63) is 64.4 Å². The molecule has 0 N–H and O–H groups in total. The van der Waals surface area contributed by atoms with Crippen LogP contribution in [0.4, 0.5) is 4.39 Å². The van der Waals surface area contributed by atoms with Crippen LogP contribution < -0.4 is 4.74 Å². The van der Waals surface area contributed by atoms with Gasteiger partial charge in [-0.2, -0.15) is 0 Å². The molecule has 5 heteroatoms. The van der Waals surface area contributed by atoms with Gasteiger partial charge in [-0.25, -0.2) is 4.39 Å². The van der Waals surface area contributed by atoms with Gasteiger partial charge in [0.2, 0.25) is 0 Å². The first-order valence-electron chi connectivity index (χ1n) is 6.80. The molecule has 0 saturated heterocycles. The number of rotatable bonds is 4. The highest BCUT2D eigenvalue weighted by Crippen LogP contribution is 2.29. The van der Waals surface area contributed by atoms with Gasteiger partial charge in [0.05, 0.1) is 18.7 Å². The number of hydrogen-bond donors (Lipinski definition) is 0. The van der Waals surface area contributed by atoms with Crippen molar-refractivity contribution in [3.63, 3.8) is 0 Å². The molecule has 2 aromatic carbocycles. The molecule has 1 unspecified atom stereocenters. The van der Waals surface area contributed by atoms with Crippen LogP contribution in [0.25, 0.3) is 0 Å². The molecule has 0 aromatic heterocycles. The summed E-state index contributed by atoms with van der Waals surface area (Å²) >= 11 is 5.72. The molecule has 0 aliphatic carbocycles. The second-order valence-corrected chi connectivity index (χ2v) is 5.39. The van der Waals surface area contributed by atoms with Crippen molar-refractivity contribution >= 4 is 17.5 Å². The predicted molar refractivity (Wildman–Crippen MR) is 84.9 cm³/mol. The van der Waals surface area contributed by atoms with E-state index in [1.807, 2.05) is 31.2 Å². The summed E-state index contributed by atoms with van der Waals surface area (Å²) in [7, 11) is 3.21. The van der Waals surface area contributed by atoms with E-state index >= 15 is 0 Å². The molecule has 22 heavy (non-hydrogen) atoms. The summed E-state index contributed by atoms with van der Waals surface area (Å²) in [6.07, 6.45) is 0. The topological polar surface area (TPSA) is 29.5 Å². The first kappa shape index (κ1) is 16.3. The maximum absolute atomic E-state index is 13.9. The van der Waals surface area contributed by atoms with Crippen LogP contribution in [0, 0.1) is 5.82 Å². The van der Waals surface area contributed by atoms with E-state index in [1.165, 1.54) is 17.0 Å². The maximum Gasteiger partial charge on any atom is 0.257 e. The fourth-order valence-corrected chi connectivity index (χ4v) is 2.41. The number of amides is 1. The minimum atomic E-state index is -0.628. The summed E-state index contributed by atoms with van der Waals surface area (Å²) < 4.78 is 19.2. The fourth-order valence-electron chi connectivity index (χ4n) is 2.25. The Morgan fingerprint density at radius 1 is 1.27 bits per heavy atom. The number of methoxy groups -OCH3 is 1. The van der Waals surface area contributed by atoms with Crippen LogP contribution in [0.1, 0.15) is 28.9 Å². The number of para-hydroxylation sites is 1. The van der Waals surface area contributed by atoms with Crippen LogP contribution in [0.3, 0.4) is 0 Å². The number of ether oxygens (including phenoxy) is 1. The average molecular weight is 322 g/mol. The number of hydrogen-bond acceptors (Lipinski definition) is 2. The van der Waals surface area contributed by atoms with Crippen LogP contribution in [0.5, 0.6) is 5.75 Å². The van der Waals surface area contributed by atoms with E-state index in [2.05, 4.69) is 0 Å². The SMILES string of the molecule is COc1ccccc1C(C)N(C)C(=O)c1ccc(Cl)cc1F. The van der Waals surface area contributed by atoms with Crippen LogP contribution in [0.2, 0.25) is 5.02 Å². The third-order valence-electron chi connectivity index (χ3n) is 3.65. The molecule has 116 valence electrons. The number of benzene rings is 2. The minimum Gasteiger partial charge on any atom is -0.496 e. The lowest BCUT2D eigenvalue weighted by Gasteiger charge is -2.26. The molecule has 0 fully saturated rings. The molecule has 1 atom stereocenters. The van der Waals surface area contributed by atoms with Gasteiger partial charge in [0, 0.05) is 17.6 Å². The highest BCUT2D eigenvalue weighted by Gasteiger charge is 2.23. The van der Waals surface area contributed by atoms with E-state index in [-0.39, 0.29) is 16.6 Å². The molecule has 0 saturated carbocycles. The highest BCUT2D eigenvalue weighted by molar-refractivity contribution is 6.30. The van der Waals surface area contributed by atoms with Gasteiger partial charge >= 0.3 is 0 Å². The lowest BCUT2D eigenvalue weighted by atomic mass is 10.0. The molecular formula is C17H17ClFNO2. The number of carbonyl (C=O) groups excluding carboxylic acids is 1. The van der Waals surface area contributed by atoms with Crippen molar-refractivity contribution in [3.8, 4) is 5.75 Å². The summed E-state index contributed by atoms with van der Waals surface area (Å²) in [5.41, 5.74) is 0.851. The van der Waals surface area contributed by atoms with Gasteiger partial charge in [-0.1, -0.05) is 29.8 Å². The Labute approximate surface area is 134 Å². The Hall–Kier alpha value is -2.07. The Morgan fingerprint density at radius 2 is 1.95 bits per heavy atom. The van der Waals surface area contributed by atoms with E-state index < -0.39 is 11.7 Å². The Morgan fingerprint density at radius 3 is 2.59 bits per heavy atom. The van der Waals surface area contributed by atoms with Crippen LogP contribution in [0.15, 0.2) is 42.5 Å². The zero-order chi connectivity index (χ0) is 16.3. The Kier molecular flexibility index (Phi) is 5.03. The van der Waals surface area contributed by atoms with Gasteiger partial charge in [-0.3, -0.25) is 4.79 Å². The van der Waals surface area contributed by atoms with Crippen LogP contribution in [-0.2, 0) is 0 Å². The molecular weight excluding hydrogens is 305 g/mol. The van der Waals surface area contributed by atoms with Crippen molar-refractivity contribution < 1.29 is 13.9 Å². The van der Waals surface area contributed by atoms with Crippen molar-refractivity contribution in [1.29, 1.82) is 0 Å². The molecule has 0 spiro atoms. The molecule has 0 radical (unpaired) electrons. The lowest BCUT2D eigenvalue weighted by Crippen LogP contribution is -2.30. The van der Waals surface area contributed by atoms with Gasteiger partial charge in [0.25, 0.3) is 5.91 Å². The zero-order valence-corrected chi connectivity index (χ0v) is 13.4. The standard InChI is InChI=1S/C17H17ClFNO2/c1-11(13-6-4-5-7-16(13)22-3)20(2)17(21)14-9-8-12(18)10-15(14)19/h4-11H,1-3H3. The molecule has 0 heterocycles. The quantitative estimate of drug-likeness (QED) is 0.839. The number of halogens is 2. The fraction of sp³-hybridized carbons (Fsp3) is 0.235. The molecule has 0 bridgehead atoms. The van der Waals surface area contributed by atoms with E-state index in [0.717, 1.165) is 11.6 Å². The smallest absolute Gasteiger partial charge is 0.257 e. The summed E-state index contributed by atoms with van der Waals surface area (Å²) in [5.74, 6) is -0.352. The molecule has 3 nitrogen and oxygen atoms in total. The molecule has 0 aliphatic rings. The summed E-state index contributed by atoms with van der Waals surface area (Å²) in [6.45, 7) is 1.86. The first-order chi connectivity index (χ1) is 10.5. The molecule has 0 aliphatic heterocycles. The predicted octanol–water partition coefficient (Wildman–Crippen LogP) is 4.32. The van der Waals surface area contributed by atoms with E-state index in [4.69, 9.17) is 16.3 Å². The van der Waals surface area contributed by atoms with E-state index in [9.17, 15) is 9.18 Å². The van der Waals surface area contributed by atoms with E-state index in [0.29, 0.717) is 5.75 Å². The van der Waals surface area contributed by atoms with Gasteiger partial charge < -0.3 is 9.64 Å². The van der Waals surface area contributed by atoms with Crippen molar-refractivity contribution in [2.45, 2.75) is 13.0 Å². The molecule has 2 rings (SSSR count). The Balaban J connectivity index is 2.30. The van der Waals surface area contributed by atoms with Gasteiger partial charge in [0.1, 0.15) is 11.6 Å². The van der Waals surface area contributed by atoms with Crippen LogP contribution >= 0.6 is 11.6 Å². The monoisotopic (exact) mass is 321 g/mol. The second-order valence-electron chi connectivity index (χ2n) is 4.96. The maximum atomic E-state index is 13.9. The summed E-state index contributed by atoms with van der Waals surface area (Å²) in [6, 6.07) is 11.2. The number of nitrogens with zero attached hydrogens (tertiary/aromatic N) is 1. The van der Waals surface area contributed by atoms with Gasteiger partial charge in [0.15, 0.2) is 0 Å². The molecule has 1 amide bonds. The molecule has 2 aromatic rings. The third-order valence-corrected chi connectivity index (χ3v) is 3.89. The third kappa shape index (κ3) is 3.22. The summed E-state index contributed by atoms with van der Waals surface area (Å²) in [5, 5.41) is 0.259. The van der Waals surface area contributed by atoms with Gasteiger partial charge in [-0.15, -0.1) is 0 Å². The first-order valence-corrected chi connectivity index (χ1v) is 7.18. The van der Waals surface area contributed by atoms with Crippen molar-refractivity contribution in [2.75, 3.05) is 14.2 Å². The lowest BCUT2D eigenvalue weighted by molar-refractivity contribution is 0.0736.